The van der Waals surface area contributed by atoms with Gasteiger partial charge in [-0.05, 0) is 29.2 Å². The van der Waals surface area contributed by atoms with Crippen molar-refractivity contribution in [2.24, 2.45) is 7.05 Å². The number of anilines is 1. The van der Waals surface area contributed by atoms with Crippen LogP contribution in [0, 0.1) is 0 Å². The number of amides is 1. The van der Waals surface area contributed by atoms with E-state index in [9.17, 15) is 31.1 Å². The SMILES string of the molecule is Cn1c(SCC(=O)Nc2cc(C(F)(F)F)cc(C(F)(F)F)c2)nnc1-c1ccc(C(C)(C)C)cc1. The molecule has 0 aliphatic rings. The minimum atomic E-state index is -5.00. The Morgan fingerprint density at radius 3 is 1.91 bits per heavy atom. The van der Waals surface area contributed by atoms with Gasteiger partial charge in [-0.1, -0.05) is 56.8 Å². The van der Waals surface area contributed by atoms with E-state index in [4.69, 9.17) is 0 Å². The Morgan fingerprint density at radius 2 is 1.43 bits per heavy atom. The summed E-state index contributed by atoms with van der Waals surface area (Å²) in [4.78, 5) is 12.3. The second kappa shape index (κ2) is 9.56. The first-order valence-corrected chi connectivity index (χ1v) is 11.3. The smallest absolute Gasteiger partial charge is 0.325 e. The zero-order chi connectivity index (χ0) is 26.2. The molecule has 1 heterocycles. The summed E-state index contributed by atoms with van der Waals surface area (Å²) in [5, 5.41) is 10.6. The summed E-state index contributed by atoms with van der Waals surface area (Å²) in [6, 6.07) is 8.68. The lowest BCUT2D eigenvalue weighted by Gasteiger charge is -2.19. The highest BCUT2D eigenvalue weighted by Crippen LogP contribution is 2.37. The van der Waals surface area contributed by atoms with Crippen LogP contribution >= 0.6 is 11.8 Å². The molecule has 3 aromatic rings. The average molecular weight is 517 g/mol. The van der Waals surface area contributed by atoms with Gasteiger partial charge in [0.05, 0.1) is 16.9 Å². The Kier molecular flexibility index (Phi) is 7.26. The fourth-order valence-corrected chi connectivity index (χ4v) is 3.88. The zero-order valence-corrected chi connectivity index (χ0v) is 20.0. The molecule has 1 amide bonds. The third-order valence-electron chi connectivity index (χ3n) is 5.05. The van der Waals surface area contributed by atoms with Crippen LogP contribution in [-0.4, -0.2) is 26.4 Å². The Balaban J connectivity index is 1.72. The summed E-state index contributed by atoms with van der Waals surface area (Å²) in [6.45, 7) is 6.27. The van der Waals surface area contributed by atoms with Crippen molar-refractivity contribution in [3.63, 3.8) is 0 Å². The molecule has 2 aromatic carbocycles. The summed E-state index contributed by atoms with van der Waals surface area (Å²) in [6.07, 6.45) is -10.0. The summed E-state index contributed by atoms with van der Waals surface area (Å²) in [5.74, 6) is -0.547. The van der Waals surface area contributed by atoms with E-state index < -0.39 is 35.1 Å². The number of nitrogens with one attached hydrogen (secondary N) is 1. The van der Waals surface area contributed by atoms with Crippen molar-refractivity contribution in [2.75, 3.05) is 11.1 Å². The highest BCUT2D eigenvalue weighted by atomic mass is 32.2. The van der Waals surface area contributed by atoms with Gasteiger partial charge in [0.25, 0.3) is 0 Å². The summed E-state index contributed by atoms with van der Waals surface area (Å²) in [7, 11) is 1.69. The summed E-state index contributed by atoms with van der Waals surface area (Å²) >= 11 is 0.950. The topological polar surface area (TPSA) is 59.8 Å². The molecule has 12 heteroatoms. The molecule has 188 valence electrons. The van der Waals surface area contributed by atoms with Crippen molar-refractivity contribution in [1.29, 1.82) is 0 Å². The molecule has 35 heavy (non-hydrogen) atoms. The molecule has 0 bridgehead atoms. The van der Waals surface area contributed by atoms with Crippen molar-refractivity contribution in [3.05, 3.63) is 59.2 Å². The Morgan fingerprint density at radius 1 is 0.886 bits per heavy atom. The van der Waals surface area contributed by atoms with Crippen LogP contribution in [0.3, 0.4) is 0 Å². The van der Waals surface area contributed by atoms with E-state index in [1.54, 1.807) is 11.6 Å². The van der Waals surface area contributed by atoms with E-state index in [-0.39, 0.29) is 17.2 Å². The van der Waals surface area contributed by atoms with Crippen LogP contribution in [0.4, 0.5) is 32.0 Å². The molecular weight excluding hydrogens is 494 g/mol. The van der Waals surface area contributed by atoms with Gasteiger partial charge in [-0.15, -0.1) is 10.2 Å². The predicted molar refractivity (Wildman–Crippen MR) is 121 cm³/mol. The molecular formula is C23H22F6N4OS. The molecule has 0 unspecified atom stereocenters. The van der Waals surface area contributed by atoms with E-state index in [1.807, 2.05) is 24.3 Å². The van der Waals surface area contributed by atoms with Crippen molar-refractivity contribution in [2.45, 2.75) is 43.7 Å². The lowest BCUT2D eigenvalue weighted by Crippen LogP contribution is -2.17. The van der Waals surface area contributed by atoms with Crippen LogP contribution in [0.5, 0.6) is 0 Å². The number of benzene rings is 2. The highest BCUT2D eigenvalue weighted by Gasteiger charge is 2.37. The third kappa shape index (κ3) is 6.56. The molecule has 0 saturated heterocycles. The number of carbonyl (C=O) groups is 1. The number of hydrogen-bond acceptors (Lipinski definition) is 4. The normalized spacial score (nSPS) is 12.6. The van der Waals surface area contributed by atoms with E-state index in [0.29, 0.717) is 23.1 Å². The van der Waals surface area contributed by atoms with Gasteiger partial charge >= 0.3 is 12.4 Å². The minimum Gasteiger partial charge on any atom is -0.325 e. The molecule has 1 aromatic heterocycles. The van der Waals surface area contributed by atoms with Gasteiger partial charge in [-0.25, -0.2) is 0 Å². The summed E-state index contributed by atoms with van der Waals surface area (Å²) in [5.41, 5.74) is -1.70. The Labute approximate surface area is 201 Å². The lowest BCUT2D eigenvalue weighted by molar-refractivity contribution is -0.143. The minimum absolute atomic E-state index is 0.000475. The molecule has 0 fully saturated rings. The number of thioether (sulfide) groups is 1. The number of hydrogen-bond donors (Lipinski definition) is 1. The molecule has 0 radical (unpaired) electrons. The van der Waals surface area contributed by atoms with E-state index in [1.165, 1.54) is 0 Å². The van der Waals surface area contributed by atoms with Crippen LogP contribution in [0.15, 0.2) is 47.6 Å². The Bertz CT molecular complexity index is 1180. The lowest BCUT2D eigenvalue weighted by atomic mass is 9.87. The molecule has 3 rings (SSSR count). The maximum atomic E-state index is 13.0. The number of nitrogens with zero attached hydrogens (tertiary/aromatic N) is 3. The van der Waals surface area contributed by atoms with Crippen molar-refractivity contribution in [1.82, 2.24) is 14.8 Å². The molecule has 1 N–H and O–H groups in total. The fourth-order valence-electron chi connectivity index (χ4n) is 3.17. The second-order valence-corrected chi connectivity index (χ2v) is 9.77. The number of rotatable bonds is 5. The predicted octanol–water partition coefficient (Wildman–Crippen LogP) is 6.55. The van der Waals surface area contributed by atoms with Crippen molar-refractivity contribution < 1.29 is 31.1 Å². The standard InChI is InChI=1S/C23H22F6N4OS/c1-21(2,3)14-7-5-13(6-8-14)19-31-32-20(33(19)4)35-12-18(34)30-17-10-15(22(24,25)26)9-16(11-17)23(27,28)29/h5-11H,12H2,1-4H3,(H,30,34). The average Bonchev–Trinajstić information content (AvgIpc) is 3.10. The van der Waals surface area contributed by atoms with E-state index in [0.717, 1.165) is 22.9 Å². The van der Waals surface area contributed by atoms with Crippen molar-refractivity contribution >= 4 is 23.4 Å². The fraction of sp³-hybridized carbons (Fsp3) is 0.348. The maximum Gasteiger partial charge on any atom is 0.416 e. The summed E-state index contributed by atoms with van der Waals surface area (Å²) < 4.78 is 79.7. The highest BCUT2D eigenvalue weighted by molar-refractivity contribution is 7.99. The largest absolute Gasteiger partial charge is 0.416 e. The molecule has 0 spiro atoms. The van der Waals surface area contributed by atoms with Crippen LogP contribution in [0.25, 0.3) is 11.4 Å². The van der Waals surface area contributed by atoms with Gasteiger partial charge in [0.15, 0.2) is 11.0 Å². The van der Waals surface area contributed by atoms with Crippen molar-refractivity contribution in [3.8, 4) is 11.4 Å². The van der Waals surface area contributed by atoms with Crippen LogP contribution in [0.1, 0.15) is 37.5 Å². The molecule has 0 aliphatic carbocycles. The number of carbonyl (C=O) groups excluding carboxylic acids is 1. The molecule has 0 saturated carbocycles. The van der Waals surface area contributed by atoms with Gasteiger partial charge in [-0.3, -0.25) is 4.79 Å². The van der Waals surface area contributed by atoms with E-state index in [2.05, 4.69) is 36.3 Å². The Hall–Kier alpha value is -3.02. The first-order valence-electron chi connectivity index (χ1n) is 10.3. The van der Waals surface area contributed by atoms with Crippen LogP contribution < -0.4 is 5.32 Å². The van der Waals surface area contributed by atoms with Crippen LogP contribution in [0.2, 0.25) is 0 Å². The third-order valence-corrected chi connectivity index (χ3v) is 6.07. The van der Waals surface area contributed by atoms with Gasteiger partial charge < -0.3 is 9.88 Å². The monoisotopic (exact) mass is 516 g/mol. The van der Waals surface area contributed by atoms with Gasteiger partial charge in [0.2, 0.25) is 5.91 Å². The second-order valence-electron chi connectivity index (χ2n) is 8.82. The molecule has 0 atom stereocenters. The first kappa shape index (κ1) is 26.6. The van der Waals surface area contributed by atoms with Gasteiger partial charge in [0.1, 0.15) is 0 Å². The number of aromatic nitrogens is 3. The molecule has 5 nitrogen and oxygen atoms in total. The number of alkyl halides is 6. The quantitative estimate of drug-likeness (QED) is 0.309. The molecule has 0 aliphatic heterocycles. The van der Waals surface area contributed by atoms with Gasteiger partial charge in [0, 0.05) is 18.3 Å². The first-order chi connectivity index (χ1) is 16.1. The van der Waals surface area contributed by atoms with Crippen LogP contribution in [-0.2, 0) is 29.6 Å². The zero-order valence-electron chi connectivity index (χ0n) is 19.2. The maximum absolute atomic E-state index is 13.0. The van der Waals surface area contributed by atoms with Gasteiger partial charge in [-0.2, -0.15) is 26.3 Å². The van der Waals surface area contributed by atoms with E-state index >= 15 is 0 Å². The number of halogens is 6.